The van der Waals surface area contributed by atoms with Crippen molar-refractivity contribution in [1.82, 2.24) is 0 Å². The Bertz CT molecular complexity index is 723. The molecule has 3 heteroatoms. The van der Waals surface area contributed by atoms with Gasteiger partial charge in [-0.25, -0.2) is 0 Å². The van der Waals surface area contributed by atoms with Crippen LogP contribution in [0.3, 0.4) is 0 Å². The zero-order chi connectivity index (χ0) is 15.9. The molecule has 1 heterocycles. The molecule has 2 aromatic rings. The monoisotopic (exact) mass is 295 g/mol. The van der Waals surface area contributed by atoms with E-state index in [1.165, 1.54) is 0 Å². The maximum atomic E-state index is 12.3. The van der Waals surface area contributed by atoms with Gasteiger partial charge in [0.05, 0.1) is 5.92 Å². The molecule has 22 heavy (non-hydrogen) atoms. The van der Waals surface area contributed by atoms with Crippen LogP contribution in [0.4, 0.5) is 5.69 Å². The number of anilines is 1. The van der Waals surface area contributed by atoms with Gasteiger partial charge in [0.2, 0.25) is 5.91 Å². The van der Waals surface area contributed by atoms with Crippen molar-refractivity contribution in [3.63, 3.8) is 0 Å². The van der Waals surface area contributed by atoms with Gasteiger partial charge < -0.3 is 10.0 Å². The lowest BCUT2D eigenvalue weighted by molar-refractivity contribution is -0.118. The summed E-state index contributed by atoms with van der Waals surface area (Å²) in [5.41, 5.74) is 4.82. The Morgan fingerprint density at radius 3 is 2.59 bits per heavy atom. The van der Waals surface area contributed by atoms with Crippen LogP contribution in [-0.2, 0) is 4.79 Å². The van der Waals surface area contributed by atoms with Gasteiger partial charge in [0.15, 0.2) is 0 Å². The van der Waals surface area contributed by atoms with Crippen LogP contribution in [0.25, 0.3) is 0 Å². The van der Waals surface area contributed by atoms with Gasteiger partial charge in [0.25, 0.3) is 0 Å². The number of benzene rings is 2. The fourth-order valence-electron chi connectivity index (χ4n) is 3.18. The third-order valence-corrected chi connectivity index (χ3v) is 4.44. The van der Waals surface area contributed by atoms with E-state index in [4.69, 9.17) is 0 Å². The number of aryl methyl sites for hydroxylation is 1. The number of fused-ring (bicyclic) bond motifs is 1. The smallest absolute Gasteiger partial charge is 0.234 e. The maximum absolute atomic E-state index is 12.3. The highest BCUT2D eigenvalue weighted by Gasteiger charge is 2.33. The summed E-state index contributed by atoms with van der Waals surface area (Å²) < 4.78 is 0. The van der Waals surface area contributed by atoms with E-state index >= 15 is 0 Å². The van der Waals surface area contributed by atoms with Crippen LogP contribution in [0.5, 0.6) is 0 Å². The van der Waals surface area contributed by atoms with Crippen molar-refractivity contribution in [2.75, 3.05) is 11.4 Å². The first-order valence-electron chi connectivity index (χ1n) is 7.72. The Kier molecular flexibility index (Phi) is 3.75. The average Bonchev–Trinajstić information content (AvgIpc) is 2.77. The number of aliphatic hydroxyl groups is 1. The second kappa shape index (κ2) is 5.58. The number of hydrogen-bond acceptors (Lipinski definition) is 2. The highest BCUT2D eigenvalue weighted by Crippen LogP contribution is 2.39. The summed E-state index contributed by atoms with van der Waals surface area (Å²) in [4.78, 5) is 14.1. The minimum Gasteiger partial charge on any atom is -0.384 e. The van der Waals surface area contributed by atoms with Gasteiger partial charge in [0, 0.05) is 12.2 Å². The first-order chi connectivity index (χ1) is 10.5. The number of carbonyl (C=O) groups is 1. The Balaban J connectivity index is 2.00. The molecule has 0 aromatic heterocycles. The molecule has 1 amide bonds. The zero-order valence-corrected chi connectivity index (χ0v) is 13.2. The third-order valence-electron chi connectivity index (χ3n) is 4.44. The molecule has 0 radical (unpaired) electrons. The van der Waals surface area contributed by atoms with E-state index in [1.807, 2.05) is 68.1 Å². The summed E-state index contributed by atoms with van der Waals surface area (Å²) in [6.45, 7) is 6.60. The predicted octanol–water partition coefficient (Wildman–Crippen LogP) is 3.55. The molecular formula is C19H21NO2. The predicted molar refractivity (Wildman–Crippen MR) is 88.1 cm³/mol. The molecule has 2 aromatic carbocycles. The fourth-order valence-corrected chi connectivity index (χ4v) is 3.18. The number of hydrogen-bond donors (Lipinski definition) is 1. The highest BCUT2D eigenvalue weighted by atomic mass is 16.3. The number of rotatable bonds is 3. The number of aliphatic hydroxyl groups excluding tert-OH is 1. The summed E-state index contributed by atoms with van der Waals surface area (Å²) in [5.74, 6) is -0.000644. The Labute approximate surface area is 131 Å². The molecule has 0 aliphatic carbocycles. The van der Waals surface area contributed by atoms with E-state index in [0.29, 0.717) is 6.54 Å². The molecule has 3 nitrogen and oxygen atoms in total. The van der Waals surface area contributed by atoms with Crippen molar-refractivity contribution in [3.8, 4) is 0 Å². The van der Waals surface area contributed by atoms with Gasteiger partial charge in [-0.3, -0.25) is 4.79 Å². The molecule has 1 N–H and O–H groups in total. The number of likely N-dealkylation sites (N-methyl/N-ethyl adjacent to an activating group) is 1. The molecule has 2 unspecified atom stereocenters. The lowest BCUT2D eigenvalue weighted by Gasteiger charge is -2.16. The Morgan fingerprint density at radius 2 is 1.91 bits per heavy atom. The molecule has 1 aliphatic rings. The van der Waals surface area contributed by atoms with E-state index in [9.17, 15) is 9.90 Å². The normalized spacial score (nSPS) is 18.5. The Hall–Kier alpha value is -2.13. The second-order valence-corrected chi connectivity index (χ2v) is 5.94. The minimum absolute atomic E-state index is 0.139. The van der Waals surface area contributed by atoms with E-state index in [1.54, 1.807) is 0 Å². The molecule has 2 atom stereocenters. The Morgan fingerprint density at radius 1 is 1.18 bits per heavy atom. The van der Waals surface area contributed by atoms with Gasteiger partial charge in [-0.05, 0) is 49.6 Å². The number of nitrogens with zero attached hydrogens (tertiary/aromatic N) is 1. The first-order valence-corrected chi connectivity index (χ1v) is 7.72. The zero-order valence-electron chi connectivity index (χ0n) is 13.2. The number of carbonyl (C=O) groups excluding carboxylic acids is 1. The molecule has 114 valence electrons. The van der Waals surface area contributed by atoms with Crippen LogP contribution >= 0.6 is 0 Å². The average molecular weight is 295 g/mol. The van der Waals surface area contributed by atoms with Crippen LogP contribution in [0, 0.1) is 6.92 Å². The largest absolute Gasteiger partial charge is 0.384 e. The quantitative estimate of drug-likeness (QED) is 0.940. The summed E-state index contributed by atoms with van der Waals surface area (Å²) in [6.07, 6.45) is -0.664. The lowest BCUT2D eigenvalue weighted by Crippen LogP contribution is -2.27. The molecular weight excluding hydrogens is 274 g/mol. The van der Waals surface area contributed by atoms with Gasteiger partial charge >= 0.3 is 0 Å². The summed E-state index contributed by atoms with van der Waals surface area (Å²) in [5, 5.41) is 10.6. The molecule has 3 rings (SSSR count). The van der Waals surface area contributed by atoms with Crippen molar-refractivity contribution in [1.29, 1.82) is 0 Å². The van der Waals surface area contributed by atoms with Crippen molar-refractivity contribution >= 4 is 11.6 Å². The first kappa shape index (κ1) is 14.8. The fraction of sp³-hybridized carbons (Fsp3) is 0.316. The number of amides is 1. The summed E-state index contributed by atoms with van der Waals surface area (Å²) >= 11 is 0. The minimum atomic E-state index is -0.664. The van der Waals surface area contributed by atoms with Gasteiger partial charge in [-0.2, -0.15) is 0 Å². The van der Waals surface area contributed by atoms with E-state index in [2.05, 4.69) is 0 Å². The standard InChI is InChI=1S/C19H21NO2/c1-4-20-17-9-8-15(11-16(17)13(3)19(20)22)18(21)14-7-5-6-12(2)10-14/h5-11,13,18,21H,4H2,1-3H3. The van der Waals surface area contributed by atoms with E-state index < -0.39 is 6.10 Å². The van der Waals surface area contributed by atoms with Gasteiger partial charge in [-0.1, -0.05) is 35.9 Å². The van der Waals surface area contributed by atoms with Crippen LogP contribution in [0.2, 0.25) is 0 Å². The van der Waals surface area contributed by atoms with Crippen molar-refractivity contribution in [3.05, 3.63) is 64.7 Å². The third kappa shape index (κ3) is 2.32. The van der Waals surface area contributed by atoms with E-state index in [0.717, 1.165) is 27.9 Å². The van der Waals surface area contributed by atoms with Crippen LogP contribution in [0.1, 0.15) is 48.1 Å². The van der Waals surface area contributed by atoms with Crippen molar-refractivity contribution in [2.24, 2.45) is 0 Å². The molecule has 1 aliphatic heterocycles. The maximum Gasteiger partial charge on any atom is 0.234 e. The summed E-state index contributed by atoms with van der Waals surface area (Å²) in [7, 11) is 0. The van der Waals surface area contributed by atoms with Crippen LogP contribution < -0.4 is 4.90 Å². The topological polar surface area (TPSA) is 40.5 Å². The highest BCUT2D eigenvalue weighted by molar-refractivity contribution is 6.04. The molecule has 0 spiro atoms. The molecule has 0 fully saturated rings. The molecule has 0 saturated heterocycles. The SMILES string of the molecule is CCN1C(=O)C(C)c2cc(C(O)c3cccc(C)c3)ccc21. The van der Waals surface area contributed by atoms with Crippen molar-refractivity contribution < 1.29 is 9.90 Å². The van der Waals surface area contributed by atoms with Crippen LogP contribution in [0.15, 0.2) is 42.5 Å². The van der Waals surface area contributed by atoms with Gasteiger partial charge in [-0.15, -0.1) is 0 Å². The van der Waals surface area contributed by atoms with Gasteiger partial charge in [0.1, 0.15) is 6.10 Å². The lowest BCUT2D eigenvalue weighted by atomic mass is 9.95. The van der Waals surface area contributed by atoms with E-state index in [-0.39, 0.29) is 11.8 Å². The van der Waals surface area contributed by atoms with Crippen LogP contribution in [-0.4, -0.2) is 17.6 Å². The summed E-state index contributed by atoms with van der Waals surface area (Å²) in [6, 6.07) is 13.7. The molecule has 0 bridgehead atoms. The molecule has 0 saturated carbocycles. The van der Waals surface area contributed by atoms with Crippen molar-refractivity contribution in [2.45, 2.75) is 32.8 Å². The second-order valence-electron chi connectivity index (χ2n) is 5.94.